The number of methoxy groups -OCH3 is 1. The summed E-state index contributed by atoms with van der Waals surface area (Å²) in [4.78, 5) is 11.9. The lowest BCUT2D eigenvalue weighted by molar-refractivity contribution is 0.203. The van der Waals surface area contributed by atoms with Crippen LogP contribution in [0.4, 0.5) is 10.5 Å². The molecule has 1 fully saturated rings. The lowest BCUT2D eigenvalue weighted by Crippen LogP contribution is -2.41. The monoisotopic (exact) mass is 264 g/mol. The normalized spacial score (nSPS) is 22.0. The summed E-state index contributed by atoms with van der Waals surface area (Å²) in [6.45, 7) is 0.125. The number of hydrogen-bond donors (Lipinski definition) is 3. The maximum absolute atomic E-state index is 11.9. The molecule has 5 nitrogen and oxygen atoms in total. The SMILES string of the molecule is COc1ccccc1NC(=O)NC1CCCC1CO. The fourth-order valence-electron chi connectivity index (χ4n) is 2.52. The number of urea groups is 1. The summed E-state index contributed by atoms with van der Waals surface area (Å²) in [7, 11) is 1.57. The molecule has 0 radical (unpaired) electrons. The molecule has 2 amide bonds. The number of carbonyl (C=O) groups is 1. The van der Waals surface area contributed by atoms with Crippen LogP contribution in [0.5, 0.6) is 5.75 Å². The first kappa shape index (κ1) is 13.7. The van der Waals surface area contributed by atoms with Crippen molar-refractivity contribution in [2.75, 3.05) is 19.0 Å². The Balaban J connectivity index is 1.94. The minimum absolute atomic E-state index is 0.0553. The number of carbonyl (C=O) groups excluding carboxylic acids is 1. The first-order valence-electron chi connectivity index (χ1n) is 6.56. The van der Waals surface area contributed by atoms with Crippen molar-refractivity contribution in [3.63, 3.8) is 0 Å². The van der Waals surface area contributed by atoms with Crippen LogP contribution in [0.25, 0.3) is 0 Å². The molecule has 1 aromatic rings. The molecule has 2 unspecified atom stereocenters. The Morgan fingerprint density at radius 1 is 1.42 bits per heavy atom. The molecule has 0 aromatic heterocycles. The third-order valence-electron chi connectivity index (χ3n) is 3.57. The molecule has 0 bridgehead atoms. The summed E-state index contributed by atoms with van der Waals surface area (Å²) >= 11 is 0. The zero-order valence-electron chi connectivity index (χ0n) is 11.1. The Kier molecular flexibility index (Phi) is 4.63. The van der Waals surface area contributed by atoms with E-state index >= 15 is 0 Å². The number of amides is 2. The fraction of sp³-hybridized carbons (Fsp3) is 0.500. The van der Waals surface area contributed by atoms with Crippen molar-refractivity contribution in [2.24, 2.45) is 5.92 Å². The zero-order chi connectivity index (χ0) is 13.7. The summed E-state index contributed by atoms with van der Waals surface area (Å²) in [6.07, 6.45) is 2.94. The zero-order valence-corrected chi connectivity index (χ0v) is 11.1. The molecule has 104 valence electrons. The van der Waals surface area contributed by atoms with Crippen molar-refractivity contribution in [2.45, 2.75) is 25.3 Å². The second-order valence-electron chi connectivity index (χ2n) is 4.78. The second-order valence-corrected chi connectivity index (χ2v) is 4.78. The van der Waals surface area contributed by atoms with Gasteiger partial charge in [-0.15, -0.1) is 0 Å². The van der Waals surface area contributed by atoms with Gasteiger partial charge in [-0.2, -0.15) is 0 Å². The van der Waals surface area contributed by atoms with Gasteiger partial charge in [0.15, 0.2) is 0 Å². The number of anilines is 1. The Morgan fingerprint density at radius 2 is 2.21 bits per heavy atom. The lowest BCUT2D eigenvalue weighted by atomic mass is 10.1. The van der Waals surface area contributed by atoms with E-state index in [9.17, 15) is 9.90 Å². The molecule has 0 aliphatic heterocycles. The average Bonchev–Trinajstić information content (AvgIpc) is 2.86. The fourth-order valence-corrected chi connectivity index (χ4v) is 2.52. The number of ether oxygens (including phenoxy) is 1. The highest BCUT2D eigenvalue weighted by atomic mass is 16.5. The molecular weight excluding hydrogens is 244 g/mol. The molecular formula is C14H20N2O3. The lowest BCUT2D eigenvalue weighted by Gasteiger charge is -2.19. The van der Waals surface area contributed by atoms with Gasteiger partial charge >= 0.3 is 6.03 Å². The number of hydrogen-bond acceptors (Lipinski definition) is 3. The van der Waals surface area contributed by atoms with E-state index in [4.69, 9.17) is 4.74 Å². The van der Waals surface area contributed by atoms with Gasteiger partial charge in [-0.25, -0.2) is 4.79 Å². The Hall–Kier alpha value is -1.75. The van der Waals surface area contributed by atoms with Crippen molar-refractivity contribution in [1.82, 2.24) is 5.32 Å². The predicted molar refractivity (Wildman–Crippen MR) is 73.4 cm³/mol. The maximum Gasteiger partial charge on any atom is 0.319 e. The van der Waals surface area contributed by atoms with Crippen LogP contribution in [0.1, 0.15) is 19.3 Å². The standard InChI is InChI=1S/C14H20N2O3/c1-19-13-8-3-2-6-12(13)16-14(18)15-11-7-4-5-10(11)9-17/h2-3,6,8,10-11,17H,4-5,7,9H2,1H3,(H2,15,16,18). The molecule has 1 aliphatic rings. The van der Waals surface area contributed by atoms with Crippen LogP contribution >= 0.6 is 0 Å². The van der Waals surface area contributed by atoms with E-state index < -0.39 is 0 Å². The number of aliphatic hydroxyl groups is 1. The number of nitrogens with one attached hydrogen (secondary N) is 2. The molecule has 3 N–H and O–H groups in total. The third kappa shape index (κ3) is 3.38. The topological polar surface area (TPSA) is 70.6 Å². The molecule has 2 atom stereocenters. The van der Waals surface area contributed by atoms with E-state index in [0.29, 0.717) is 11.4 Å². The van der Waals surface area contributed by atoms with Gasteiger partial charge in [-0.1, -0.05) is 18.6 Å². The maximum atomic E-state index is 11.9. The largest absolute Gasteiger partial charge is 0.495 e. The van der Waals surface area contributed by atoms with Gasteiger partial charge in [0.2, 0.25) is 0 Å². The van der Waals surface area contributed by atoms with Crippen molar-refractivity contribution in [3.8, 4) is 5.75 Å². The molecule has 0 saturated heterocycles. The van der Waals surface area contributed by atoms with Gasteiger partial charge in [0.1, 0.15) is 5.75 Å². The van der Waals surface area contributed by atoms with Gasteiger partial charge in [0.05, 0.1) is 12.8 Å². The molecule has 1 aliphatic carbocycles. The summed E-state index contributed by atoms with van der Waals surface area (Å²) in [5.41, 5.74) is 0.640. The molecule has 0 spiro atoms. The molecule has 1 aromatic carbocycles. The van der Waals surface area contributed by atoms with Crippen LogP contribution in [-0.4, -0.2) is 30.9 Å². The van der Waals surface area contributed by atoms with Crippen LogP contribution < -0.4 is 15.4 Å². The first-order valence-corrected chi connectivity index (χ1v) is 6.56. The summed E-state index contributed by atoms with van der Waals surface area (Å²) in [5, 5.41) is 14.9. The van der Waals surface area contributed by atoms with Crippen LogP contribution in [0, 0.1) is 5.92 Å². The van der Waals surface area contributed by atoms with Gasteiger partial charge in [0.25, 0.3) is 0 Å². The van der Waals surface area contributed by atoms with E-state index in [1.807, 2.05) is 12.1 Å². The summed E-state index contributed by atoms with van der Waals surface area (Å²) < 4.78 is 5.18. The molecule has 5 heteroatoms. The van der Waals surface area contributed by atoms with Crippen LogP contribution in [0.15, 0.2) is 24.3 Å². The minimum Gasteiger partial charge on any atom is -0.495 e. The van der Waals surface area contributed by atoms with Crippen LogP contribution in [-0.2, 0) is 0 Å². The second kappa shape index (κ2) is 6.43. The minimum atomic E-state index is -0.255. The number of rotatable bonds is 4. The highest BCUT2D eigenvalue weighted by molar-refractivity contribution is 5.91. The van der Waals surface area contributed by atoms with Crippen LogP contribution in [0.3, 0.4) is 0 Å². The van der Waals surface area contributed by atoms with E-state index in [1.54, 1.807) is 19.2 Å². The highest BCUT2D eigenvalue weighted by Crippen LogP contribution is 2.26. The number of para-hydroxylation sites is 2. The van der Waals surface area contributed by atoms with Crippen molar-refractivity contribution in [3.05, 3.63) is 24.3 Å². The smallest absolute Gasteiger partial charge is 0.319 e. The number of benzene rings is 1. The van der Waals surface area contributed by atoms with Crippen molar-refractivity contribution < 1.29 is 14.6 Å². The predicted octanol–water partition coefficient (Wildman–Crippen LogP) is 1.98. The third-order valence-corrected chi connectivity index (χ3v) is 3.57. The van der Waals surface area contributed by atoms with Crippen molar-refractivity contribution in [1.29, 1.82) is 0 Å². The van der Waals surface area contributed by atoms with Gasteiger partial charge in [-0.3, -0.25) is 0 Å². The Labute approximate surface area is 113 Å². The Bertz CT molecular complexity index is 436. The van der Waals surface area contributed by atoms with Gasteiger partial charge in [0, 0.05) is 18.6 Å². The molecule has 1 saturated carbocycles. The average molecular weight is 264 g/mol. The highest BCUT2D eigenvalue weighted by Gasteiger charge is 2.27. The van der Waals surface area contributed by atoms with E-state index in [2.05, 4.69) is 10.6 Å². The van der Waals surface area contributed by atoms with E-state index in [0.717, 1.165) is 19.3 Å². The number of aliphatic hydroxyl groups excluding tert-OH is 1. The van der Waals surface area contributed by atoms with E-state index in [1.165, 1.54) is 0 Å². The molecule has 19 heavy (non-hydrogen) atoms. The van der Waals surface area contributed by atoms with Crippen LogP contribution in [0.2, 0.25) is 0 Å². The Morgan fingerprint density at radius 3 is 2.95 bits per heavy atom. The van der Waals surface area contributed by atoms with Crippen molar-refractivity contribution >= 4 is 11.7 Å². The van der Waals surface area contributed by atoms with E-state index in [-0.39, 0.29) is 24.6 Å². The first-order chi connectivity index (χ1) is 9.24. The van der Waals surface area contributed by atoms with Gasteiger partial charge < -0.3 is 20.5 Å². The molecule has 0 heterocycles. The molecule has 2 rings (SSSR count). The van der Waals surface area contributed by atoms with Gasteiger partial charge in [-0.05, 0) is 25.0 Å². The summed E-state index contributed by atoms with van der Waals surface area (Å²) in [6, 6.07) is 7.07. The summed E-state index contributed by atoms with van der Waals surface area (Å²) in [5.74, 6) is 0.797. The quantitative estimate of drug-likeness (QED) is 0.778.